The average Bonchev–Trinajstić information content (AvgIpc) is 2.26. The van der Waals surface area contributed by atoms with Crippen molar-refractivity contribution < 1.29 is 14.2 Å². The number of hydrogen-bond acceptors (Lipinski definition) is 5. The van der Waals surface area contributed by atoms with E-state index in [-0.39, 0.29) is 0 Å². The fraction of sp³-hybridized carbons (Fsp3) is 0.333. The van der Waals surface area contributed by atoms with Crippen molar-refractivity contribution in [1.29, 1.82) is 0 Å². The Balaban J connectivity index is 3.20. The summed E-state index contributed by atoms with van der Waals surface area (Å²) in [6.45, 7) is 0. The van der Waals surface area contributed by atoms with Gasteiger partial charge in [-0.1, -0.05) is 0 Å². The van der Waals surface area contributed by atoms with Crippen LogP contribution in [0.5, 0.6) is 17.2 Å². The highest BCUT2D eigenvalue weighted by molar-refractivity contribution is 5.63. The van der Waals surface area contributed by atoms with Crippen molar-refractivity contribution in [1.82, 2.24) is 0 Å². The number of hydrazine groups is 1. The van der Waals surface area contributed by atoms with Crippen molar-refractivity contribution in [2.24, 2.45) is 5.84 Å². The Kier molecular flexibility index (Phi) is 3.41. The minimum absolute atomic E-state index is 0.598. The van der Waals surface area contributed by atoms with Crippen LogP contribution in [-0.2, 0) is 0 Å². The first-order valence-corrected chi connectivity index (χ1v) is 4.03. The summed E-state index contributed by atoms with van der Waals surface area (Å²) >= 11 is 0. The molecule has 0 atom stereocenters. The fourth-order valence-electron chi connectivity index (χ4n) is 1.14. The molecule has 0 aliphatic heterocycles. The number of nitrogens with two attached hydrogens (primary N) is 1. The zero-order valence-corrected chi connectivity index (χ0v) is 8.46. The quantitative estimate of drug-likeness (QED) is 0.558. The average molecular weight is 198 g/mol. The van der Waals surface area contributed by atoms with E-state index in [1.807, 2.05) is 0 Å². The Labute approximate surface area is 82.7 Å². The lowest BCUT2D eigenvalue weighted by molar-refractivity contribution is 0.349. The molecule has 0 spiro atoms. The molecule has 5 heteroatoms. The highest BCUT2D eigenvalue weighted by Crippen LogP contribution is 2.37. The minimum atomic E-state index is 0.598. The monoisotopic (exact) mass is 198 g/mol. The molecule has 78 valence electrons. The first kappa shape index (κ1) is 10.5. The first-order valence-electron chi connectivity index (χ1n) is 4.03. The summed E-state index contributed by atoms with van der Waals surface area (Å²) in [4.78, 5) is 0. The van der Waals surface area contributed by atoms with Gasteiger partial charge in [-0.3, -0.25) is 5.84 Å². The largest absolute Gasteiger partial charge is 0.494 e. The van der Waals surface area contributed by atoms with E-state index in [1.54, 1.807) is 33.5 Å². The summed E-state index contributed by atoms with van der Waals surface area (Å²) in [5.74, 6) is 7.12. The van der Waals surface area contributed by atoms with Gasteiger partial charge in [-0.15, -0.1) is 0 Å². The number of hydrogen-bond donors (Lipinski definition) is 2. The van der Waals surface area contributed by atoms with Gasteiger partial charge in [-0.25, -0.2) is 0 Å². The van der Waals surface area contributed by atoms with E-state index in [1.165, 1.54) is 0 Å². The highest BCUT2D eigenvalue weighted by atomic mass is 16.5. The molecule has 0 radical (unpaired) electrons. The van der Waals surface area contributed by atoms with Gasteiger partial charge in [0.1, 0.15) is 5.75 Å². The second-order valence-electron chi connectivity index (χ2n) is 2.55. The van der Waals surface area contributed by atoms with Gasteiger partial charge in [0.05, 0.1) is 27.0 Å². The van der Waals surface area contributed by atoms with Crippen molar-refractivity contribution >= 4 is 5.69 Å². The molecule has 0 saturated carbocycles. The van der Waals surface area contributed by atoms with Crippen LogP contribution in [-0.4, -0.2) is 21.3 Å². The molecule has 1 aromatic carbocycles. The number of nitrogens with one attached hydrogen (secondary N) is 1. The number of anilines is 1. The number of rotatable bonds is 4. The van der Waals surface area contributed by atoms with Gasteiger partial charge in [0.2, 0.25) is 0 Å². The Morgan fingerprint density at radius 2 is 1.43 bits per heavy atom. The molecular formula is C9H14N2O3. The summed E-state index contributed by atoms with van der Waals surface area (Å²) in [5, 5.41) is 0. The second-order valence-corrected chi connectivity index (χ2v) is 2.55. The van der Waals surface area contributed by atoms with E-state index in [0.717, 1.165) is 0 Å². The normalized spacial score (nSPS) is 9.43. The van der Waals surface area contributed by atoms with Crippen molar-refractivity contribution in [3.63, 3.8) is 0 Å². The van der Waals surface area contributed by atoms with Crippen LogP contribution in [0.4, 0.5) is 5.69 Å². The Morgan fingerprint density at radius 1 is 0.929 bits per heavy atom. The number of ether oxygens (including phenoxy) is 3. The predicted molar refractivity (Wildman–Crippen MR) is 53.9 cm³/mol. The van der Waals surface area contributed by atoms with Crippen LogP contribution in [0.25, 0.3) is 0 Å². The third-order valence-electron chi connectivity index (χ3n) is 1.86. The third-order valence-corrected chi connectivity index (χ3v) is 1.86. The molecule has 0 unspecified atom stereocenters. The van der Waals surface area contributed by atoms with Gasteiger partial charge < -0.3 is 19.6 Å². The standard InChI is InChI=1S/C9H14N2O3/c1-12-7-5-9(14-3)8(13-2)4-6(7)11-10/h4-5,11H,10H2,1-3H3. The van der Waals surface area contributed by atoms with E-state index in [4.69, 9.17) is 20.1 Å². The van der Waals surface area contributed by atoms with Crippen molar-refractivity contribution in [3.8, 4) is 17.2 Å². The zero-order valence-electron chi connectivity index (χ0n) is 8.46. The van der Waals surface area contributed by atoms with E-state index in [9.17, 15) is 0 Å². The maximum absolute atomic E-state index is 5.31. The smallest absolute Gasteiger partial charge is 0.164 e. The van der Waals surface area contributed by atoms with Crippen LogP contribution in [0, 0.1) is 0 Å². The number of methoxy groups -OCH3 is 3. The van der Waals surface area contributed by atoms with Crippen molar-refractivity contribution in [3.05, 3.63) is 12.1 Å². The first-order chi connectivity index (χ1) is 6.76. The molecule has 1 aromatic rings. The summed E-state index contributed by atoms with van der Waals surface area (Å²) < 4.78 is 15.3. The molecule has 0 aliphatic carbocycles. The zero-order chi connectivity index (χ0) is 10.6. The molecule has 14 heavy (non-hydrogen) atoms. The summed E-state index contributed by atoms with van der Waals surface area (Å²) in [5.41, 5.74) is 3.16. The van der Waals surface area contributed by atoms with Crippen LogP contribution < -0.4 is 25.5 Å². The molecule has 0 saturated heterocycles. The number of benzene rings is 1. The Bertz CT molecular complexity index is 257. The van der Waals surface area contributed by atoms with Crippen LogP contribution >= 0.6 is 0 Å². The van der Waals surface area contributed by atoms with Gasteiger partial charge >= 0.3 is 0 Å². The van der Waals surface area contributed by atoms with Gasteiger partial charge in [0.15, 0.2) is 11.5 Å². The van der Waals surface area contributed by atoms with Crippen molar-refractivity contribution in [2.45, 2.75) is 0 Å². The predicted octanol–water partition coefficient (Wildman–Crippen LogP) is 0.998. The molecular weight excluding hydrogens is 184 g/mol. The summed E-state index contributed by atoms with van der Waals surface area (Å²) in [6.07, 6.45) is 0. The summed E-state index contributed by atoms with van der Waals surface area (Å²) in [6, 6.07) is 3.41. The van der Waals surface area contributed by atoms with Crippen LogP contribution in [0.2, 0.25) is 0 Å². The van der Waals surface area contributed by atoms with E-state index in [0.29, 0.717) is 22.9 Å². The van der Waals surface area contributed by atoms with Crippen LogP contribution in [0.1, 0.15) is 0 Å². The number of nitrogen functional groups attached to an aromatic ring is 1. The molecule has 0 heterocycles. The fourth-order valence-corrected chi connectivity index (χ4v) is 1.14. The highest BCUT2D eigenvalue weighted by Gasteiger charge is 2.10. The van der Waals surface area contributed by atoms with Gasteiger partial charge in [0.25, 0.3) is 0 Å². The summed E-state index contributed by atoms with van der Waals surface area (Å²) in [7, 11) is 4.68. The second kappa shape index (κ2) is 4.57. The topological polar surface area (TPSA) is 65.7 Å². The Morgan fingerprint density at radius 3 is 1.86 bits per heavy atom. The molecule has 0 bridgehead atoms. The molecule has 5 nitrogen and oxygen atoms in total. The molecule has 3 N–H and O–H groups in total. The van der Waals surface area contributed by atoms with E-state index in [2.05, 4.69) is 5.43 Å². The van der Waals surface area contributed by atoms with Gasteiger partial charge in [-0.2, -0.15) is 0 Å². The Hall–Kier alpha value is -1.62. The SMILES string of the molecule is COc1cc(OC)c(OC)cc1NN. The maximum Gasteiger partial charge on any atom is 0.164 e. The van der Waals surface area contributed by atoms with Crippen molar-refractivity contribution in [2.75, 3.05) is 26.8 Å². The lowest BCUT2D eigenvalue weighted by atomic mass is 10.2. The van der Waals surface area contributed by atoms with E-state index >= 15 is 0 Å². The minimum Gasteiger partial charge on any atom is -0.494 e. The lowest BCUT2D eigenvalue weighted by Crippen LogP contribution is -2.08. The van der Waals surface area contributed by atoms with Gasteiger partial charge in [-0.05, 0) is 0 Å². The van der Waals surface area contributed by atoms with Gasteiger partial charge in [0, 0.05) is 12.1 Å². The van der Waals surface area contributed by atoms with E-state index < -0.39 is 0 Å². The van der Waals surface area contributed by atoms with Crippen LogP contribution in [0.3, 0.4) is 0 Å². The molecule has 0 aliphatic rings. The van der Waals surface area contributed by atoms with Crippen LogP contribution in [0.15, 0.2) is 12.1 Å². The maximum atomic E-state index is 5.31. The molecule has 0 aromatic heterocycles. The molecule has 0 fully saturated rings. The lowest BCUT2D eigenvalue weighted by Gasteiger charge is -2.13. The molecule has 0 amide bonds. The third kappa shape index (κ3) is 1.82. The molecule has 1 rings (SSSR count).